The smallest absolute Gasteiger partial charge is 0.0605 e. The third kappa shape index (κ3) is 3.10. The summed E-state index contributed by atoms with van der Waals surface area (Å²) in [4.78, 5) is 2.80. The molecule has 0 saturated heterocycles. The molecular formula is C12H14S3. The summed E-state index contributed by atoms with van der Waals surface area (Å²) >= 11 is 5.72. The number of hydrogen-bond donors (Lipinski definition) is 0. The molecule has 0 spiro atoms. The second-order valence-electron chi connectivity index (χ2n) is 3.30. The Kier molecular flexibility index (Phi) is 4.29. The molecule has 2 rings (SSSR count). The van der Waals surface area contributed by atoms with Crippen LogP contribution in [0.25, 0.3) is 9.75 Å². The first kappa shape index (κ1) is 11.2. The molecule has 0 radical (unpaired) electrons. The molecule has 0 aromatic carbocycles. The summed E-state index contributed by atoms with van der Waals surface area (Å²) in [7, 11) is 0. The van der Waals surface area contributed by atoms with Crippen molar-refractivity contribution in [1.82, 2.24) is 0 Å². The Labute approximate surface area is 103 Å². The van der Waals surface area contributed by atoms with Gasteiger partial charge in [-0.1, -0.05) is 19.4 Å². The number of thiophene rings is 2. The zero-order valence-corrected chi connectivity index (χ0v) is 11.2. The molecule has 2 aromatic rings. The minimum absolute atomic E-state index is 1.25. The minimum atomic E-state index is 1.25. The van der Waals surface area contributed by atoms with Crippen LogP contribution in [0.5, 0.6) is 0 Å². The van der Waals surface area contributed by atoms with E-state index in [0.29, 0.717) is 0 Å². The highest BCUT2D eigenvalue weighted by Gasteiger charge is 2.03. The summed E-state index contributed by atoms with van der Waals surface area (Å²) in [6.45, 7) is 2.24. The van der Waals surface area contributed by atoms with Crippen LogP contribution in [0.1, 0.15) is 19.8 Å². The highest BCUT2D eigenvalue weighted by atomic mass is 32.2. The van der Waals surface area contributed by atoms with Crippen molar-refractivity contribution >= 4 is 34.4 Å². The largest absolute Gasteiger partial charge is 0.143 e. The van der Waals surface area contributed by atoms with Gasteiger partial charge < -0.3 is 0 Å². The van der Waals surface area contributed by atoms with E-state index in [1.54, 1.807) is 0 Å². The highest BCUT2D eigenvalue weighted by molar-refractivity contribution is 8.01. The molecule has 2 heterocycles. The van der Waals surface area contributed by atoms with E-state index in [9.17, 15) is 0 Å². The zero-order chi connectivity index (χ0) is 10.5. The van der Waals surface area contributed by atoms with Crippen LogP contribution < -0.4 is 0 Å². The van der Waals surface area contributed by atoms with Gasteiger partial charge in [-0.05, 0) is 35.8 Å². The highest BCUT2D eigenvalue weighted by Crippen LogP contribution is 2.36. The van der Waals surface area contributed by atoms with Gasteiger partial charge in [-0.25, -0.2) is 0 Å². The van der Waals surface area contributed by atoms with E-state index in [-0.39, 0.29) is 0 Å². The van der Waals surface area contributed by atoms with Gasteiger partial charge in [0.2, 0.25) is 0 Å². The summed E-state index contributed by atoms with van der Waals surface area (Å²) in [5, 5.41) is 2.14. The fourth-order valence-corrected chi connectivity index (χ4v) is 4.39. The van der Waals surface area contributed by atoms with Gasteiger partial charge in [-0.15, -0.1) is 34.4 Å². The molecule has 2 aromatic heterocycles. The molecule has 0 amide bonds. The average Bonchev–Trinajstić information content (AvgIpc) is 2.87. The maximum atomic E-state index is 2.25. The van der Waals surface area contributed by atoms with E-state index in [2.05, 4.69) is 36.6 Å². The molecule has 15 heavy (non-hydrogen) atoms. The topological polar surface area (TPSA) is 0 Å². The van der Waals surface area contributed by atoms with Gasteiger partial charge in [0.1, 0.15) is 0 Å². The molecule has 0 bridgehead atoms. The summed E-state index contributed by atoms with van der Waals surface area (Å²) in [6, 6.07) is 8.80. The Morgan fingerprint density at radius 1 is 1.20 bits per heavy atom. The van der Waals surface area contributed by atoms with E-state index in [0.717, 1.165) is 0 Å². The quantitative estimate of drug-likeness (QED) is 0.510. The summed E-state index contributed by atoms with van der Waals surface area (Å²) in [5.41, 5.74) is 0. The SMILES string of the molecule is CCCCSc1ccc(-c2cccs2)s1. The van der Waals surface area contributed by atoms with Gasteiger partial charge in [-0.3, -0.25) is 0 Å². The number of unbranched alkanes of at least 4 members (excludes halogenated alkanes) is 1. The molecule has 0 unspecified atom stereocenters. The lowest BCUT2D eigenvalue weighted by molar-refractivity contribution is 0.896. The standard InChI is InChI=1S/C12H14S3/c1-2-3-8-14-12-7-6-11(15-12)10-5-4-9-13-10/h4-7,9H,2-3,8H2,1H3. The van der Waals surface area contributed by atoms with Crippen LogP contribution in [0.3, 0.4) is 0 Å². The number of rotatable bonds is 5. The van der Waals surface area contributed by atoms with Crippen LogP contribution in [0, 0.1) is 0 Å². The second-order valence-corrected chi connectivity index (χ2v) is 6.72. The van der Waals surface area contributed by atoms with Crippen molar-refractivity contribution in [3.63, 3.8) is 0 Å². The van der Waals surface area contributed by atoms with Crippen LogP contribution >= 0.6 is 34.4 Å². The molecule has 3 heteroatoms. The predicted molar refractivity (Wildman–Crippen MR) is 73.3 cm³/mol. The van der Waals surface area contributed by atoms with Crippen molar-refractivity contribution in [2.75, 3.05) is 5.75 Å². The van der Waals surface area contributed by atoms with E-state index in [4.69, 9.17) is 0 Å². The monoisotopic (exact) mass is 254 g/mol. The van der Waals surface area contributed by atoms with E-state index >= 15 is 0 Å². The molecule has 0 aliphatic heterocycles. The van der Waals surface area contributed by atoms with E-state index in [1.807, 2.05) is 34.4 Å². The molecule has 0 aliphatic carbocycles. The van der Waals surface area contributed by atoms with Gasteiger partial charge in [0.05, 0.1) is 4.21 Å². The van der Waals surface area contributed by atoms with Gasteiger partial charge in [-0.2, -0.15) is 0 Å². The Bertz CT molecular complexity index is 387. The first-order valence-electron chi connectivity index (χ1n) is 5.16. The molecule has 0 saturated carbocycles. The molecule has 0 nitrogen and oxygen atoms in total. The van der Waals surface area contributed by atoms with Crippen LogP contribution in [0.4, 0.5) is 0 Å². The lowest BCUT2D eigenvalue weighted by Crippen LogP contribution is -1.73. The van der Waals surface area contributed by atoms with E-state index in [1.165, 1.54) is 32.6 Å². The van der Waals surface area contributed by atoms with E-state index < -0.39 is 0 Å². The maximum absolute atomic E-state index is 2.25. The van der Waals surface area contributed by atoms with Crippen LogP contribution in [-0.2, 0) is 0 Å². The third-order valence-corrected chi connectivity index (χ3v) is 5.55. The predicted octanol–water partition coefficient (Wildman–Crippen LogP) is 5.37. The van der Waals surface area contributed by atoms with Crippen molar-refractivity contribution in [1.29, 1.82) is 0 Å². The normalized spacial score (nSPS) is 10.7. The fourth-order valence-electron chi connectivity index (χ4n) is 1.27. The minimum Gasteiger partial charge on any atom is -0.143 e. The van der Waals surface area contributed by atoms with Gasteiger partial charge in [0.15, 0.2) is 0 Å². The summed E-state index contributed by atoms with van der Waals surface area (Å²) < 4.78 is 1.45. The number of hydrogen-bond acceptors (Lipinski definition) is 3. The Morgan fingerprint density at radius 3 is 2.87 bits per heavy atom. The third-order valence-electron chi connectivity index (χ3n) is 2.09. The first-order chi connectivity index (χ1) is 7.40. The Balaban J connectivity index is 1.98. The zero-order valence-electron chi connectivity index (χ0n) is 8.73. The molecule has 0 aliphatic rings. The van der Waals surface area contributed by atoms with Crippen molar-refractivity contribution < 1.29 is 0 Å². The molecule has 80 valence electrons. The molecule has 0 atom stereocenters. The van der Waals surface area contributed by atoms with Crippen LogP contribution in [0.2, 0.25) is 0 Å². The lowest BCUT2D eigenvalue weighted by atomic mass is 10.4. The summed E-state index contributed by atoms with van der Waals surface area (Å²) in [6.07, 6.45) is 2.60. The number of thioether (sulfide) groups is 1. The Hall–Kier alpha value is -0.250. The van der Waals surface area contributed by atoms with Crippen LogP contribution in [0.15, 0.2) is 33.9 Å². The van der Waals surface area contributed by atoms with Gasteiger partial charge in [0.25, 0.3) is 0 Å². The van der Waals surface area contributed by atoms with Crippen molar-refractivity contribution in [3.05, 3.63) is 29.6 Å². The average molecular weight is 254 g/mol. The van der Waals surface area contributed by atoms with Crippen molar-refractivity contribution in [2.24, 2.45) is 0 Å². The Morgan fingerprint density at radius 2 is 2.13 bits per heavy atom. The second kappa shape index (κ2) is 5.73. The van der Waals surface area contributed by atoms with Gasteiger partial charge in [0, 0.05) is 9.75 Å². The summed E-state index contributed by atoms with van der Waals surface area (Å²) in [5.74, 6) is 1.25. The van der Waals surface area contributed by atoms with Gasteiger partial charge >= 0.3 is 0 Å². The van der Waals surface area contributed by atoms with Crippen molar-refractivity contribution in [2.45, 2.75) is 24.0 Å². The van der Waals surface area contributed by atoms with Crippen molar-refractivity contribution in [3.8, 4) is 9.75 Å². The first-order valence-corrected chi connectivity index (χ1v) is 7.85. The maximum Gasteiger partial charge on any atom is 0.0605 e. The molecule has 0 fully saturated rings. The fraction of sp³-hybridized carbons (Fsp3) is 0.333. The molecule has 0 N–H and O–H groups in total. The molecular weight excluding hydrogens is 240 g/mol. The van der Waals surface area contributed by atoms with Crippen LogP contribution in [-0.4, -0.2) is 5.75 Å². The lowest BCUT2D eigenvalue weighted by Gasteiger charge is -1.94.